The molecule has 0 aliphatic heterocycles. The fourth-order valence-electron chi connectivity index (χ4n) is 1.35. The molecule has 0 saturated carbocycles. The highest BCUT2D eigenvalue weighted by molar-refractivity contribution is 7.77. The minimum absolute atomic E-state index is 0.0708. The molecule has 5 nitrogen and oxygen atoms in total. The Morgan fingerprint density at radius 1 is 1.59 bits per heavy atom. The molecule has 0 spiro atoms. The van der Waals surface area contributed by atoms with Gasteiger partial charge in [0, 0.05) is 12.6 Å². The molecule has 17 heavy (non-hydrogen) atoms. The number of nitrogens with two attached hydrogens (primary N) is 1. The van der Waals surface area contributed by atoms with Gasteiger partial charge in [0.15, 0.2) is 0 Å². The number of benzene rings is 1. The quantitative estimate of drug-likeness (QED) is 0.638. The van der Waals surface area contributed by atoms with Gasteiger partial charge in [-0.1, -0.05) is 12.1 Å². The molecule has 0 amide bonds. The first-order valence-electron chi connectivity index (χ1n) is 5.40. The maximum Gasteiger partial charge on any atom is 0.231 e. The monoisotopic (exact) mass is 258 g/mol. The highest BCUT2D eigenvalue weighted by atomic mass is 32.2. The van der Waals surface area contributed by atoms with E-state index in [4.69, 9.17) is 15.0 Å². The van der Waals surface area contributed by atoms with Crippen molar-refractivity contribution in [3.05, 3.63) is 29.8 Å². The van der Waals surface area contributed by atoms with Gasteiger partial charge < -0.3 is 10.5 Å². The van der Waals surface area contributed by atoms with Gasteiger partial charge in [-0.25, -0.2) is 8.93 Å². The molecule has 6 heteroatoms. The van der Waals surface area contributed by atoms with E-state index in [1.165, 1.54) is 0 Å². The normalized spacial score (nSPS) is 14.3. The summed E-state index contributed by atoms with van der Waals surface area (Å²) in [6.45, 7) is 2.80. The predicted molar refractivity (Wildman–Crippen MR) is 67.8 cm³/mol. The first kappa shape index (κ1) is 14.1. The topological polar surface area (TPSA) is 84.6 Å². The lowest BCUT2D eigenvalue weighted by Crippen LogP contribution is -2.29. The van der Waals surface area contributed by atoms with E-state index >= 15 is 0 Å². The van der Waals surface area contributed by atoms with Gasteiger partial charge in [-0.15, -0.1) is 0 Å². The lowest BCUT2D eigenvalue weighted by atomic mass is 10.2. The molecule has 0 heterocycles. The number of ether oxygens (including phenoxy) is 1. The van der Waals surface area contributed by atoms with Crippen LogP contribution in [0.1, 0.15) is 18.9 Å². The molecule has 0 aliphatic rings. The SMILES string of the molecule is CC(CCOc1cccc(CN)c1)NS(=O)O. The van der Waals surface area contributed by atoms with Crippen LogP contribution < -0.4 is 15.2 Å². The van der Waals surface area contributed by atoms with Crippen LogP contribution in [0.2, 0.25) is 0 Å². The standard InChI is InChI=1S/C11H18N2O3S/c1-9(13-17(14)15)5-6-16-11-4-2-3-10(7-11)8-12/h2-4,7,9,13H,5-6,8,12H2,1H3,(H,14,15). The van der Waals surface area contributed by atoms with Crippen molar-refractivity contribution in [2.75, 3.05) is 6.61 Å². The van der Waals surface area contributed by atoms with Crippen molar-refractivity contribution in [1.29, 1.82) is 0 Å². The van der Waals surface area contributed by atoms with Gasteiger partial charge in [0.2, 0.25) is 11.3 Å². The predicted octanol–water partition coefficient (Wildman–Crippen LogP) is 1.03. The van der Waals surface area contributed by atoms with Gasteiger partial charge in [-0.3, -0.25) is 4.55 Å². The van der Waals surface area contributed by atoms with Crippen molar-refractivity contribution >= 4 is 11.3 Å². The Labute approximate surface area is 104 Å². The average molecular weight is 258 g/mol. The summed E-state index contributed by atoms with van der Waals surface area (Å²) in [4.78, 5) is 0. The average Bonchev–Trinajstić information content (AvgIpc) is 2.28. The smallest absolute Gasteiger partial charge is 0.231 e. The van der Waals surface area contributed by atoms with Crippen LogP contribution in [-0.2, 0) is 17.8 Å². The Bertz CT molecular complexity index is 373. The van der Waals surface area contributed by atoms with Gasteiger partial charge in [0.1, 0.15) is 5.75 Å². The first-order valence-corrected chi connectivity index (χ1v) is 6.51. The van der Waals surface area contributed by atoms with Crippen LogP contribution in [-0.4, -0.2) is 21.4 Å². The van der Waals surface area contributed by atoms with Crippen molar-refractivity contribution in [2.45, 2.75) is 25.9 Å². The van der Waals surface area contributed by atoms with Gasteiger partial charge in [0.05, 0.1) is 6.61 Å². The zero-order chi connectivity index (χ0) is 12.7. The molecule has 1 aromatic rings. The minimum atomic E-state index is -1.97. The molecule has 0 fully saturated rings. The van der Waals surface area contributed by atoms with E-state index < -0.39 is 11.3 Å². The maximum atomic E-state index is 10.5. The Kier molecular flexibility index (Phi) is 6.13. The first-order chi connectivity index (χ1) is 8.11. The molecule has 0 radical (unpaired) electrons. The summed E-state index contributed by atoms with van der Waals surface area (Å²) in [6.07, 6.45) is 0.652. The Hall–Kier alpha value is -0.950. The molecular formula is C11H18N2O3S. The van der Waals surface area contributed by atoms with Crippen molar-refractivity contribution < 1.29 is 13.5 Å². The summed E-state index contributed by atoms with van der Waals surface area (Å²) in [5.41, 5.74) is 6.54. The van der Waals surface area contributed by atoms with E-state index in [0.29, 0.717) is 19.6 Å². The van der Waals surface area contributed by atoms with E-state index in [1.54, 1.807) is 0 Å². The lowest BCUT2D eigenvalue weighted by molar-refractivity contribution is 0.296. The number of nitrogens with one attached hydrogen (secondary N) is 1. The second-order valence-corrected chi connectivity index (χ2v) is 4.49. The van der Waals surface area contributed by atoms with E-state index in [-0.39, 0.29) is 6.04 Å². The van der Waals surface area contributed by atoms with Crippen LogP contribution in [0.4, 0.5) is 0 Å². The van der Waals surface area contributed by atoms with Crippen molar-refractivity contribution in [3.63, 3.8) is 0 Å². The molecule has 0 aliphatic carbocycles. The molecule has 2 atom stereocenters. The Morgan fingerprint density at radius 2 is 2.35 bits per heavy atom. The highest BCUT2D eigenvalue weighted by Gasteiger charge is 2.04. The van der Waals surface area contributed by atoms with E-state index in [9.17, 15) is 4.21 Å². The zero-order valence-electron chi connectivity index (χ0n) is 9.76. The molecule has 0 saturated heterocycles. The van der Waals surface area contributed by atoms with Crippen LogP contribution in [0.15, 0.2) is 24.3 Å². The van der Waals surface area contributed by atoms with Crippen LogP contribution in [0.5, 0.6) is 5.75 Å². The third kappa shape index (κ3) is 5.78. The molecular weight excluding hydrogens is 240 g/mol. The number of hydrogen-bond donors (Lipinski definition) is 3. The molecule has 0 aromatic heterocycles. The number of hydrogen-bond acceptors (Lipinski definition) is 3. The van der Waals surface area contributed by atoms with Crippen molar-refractivity contribution in [3.8, 4) is 5.75 Å². The summed E-state index contributed by atoms with van der Waals surface area (Å²) >= 11 is -1.97. The highest BCUT2D eigenvalue weighted by Crippen LogP contribution is 2.13. The Morgan fingerprint density at radius 3 is 3.00 bits per heavy atom. The minimum Gasteiger partial charge on any atom is -0.494 e. The van der Waals surface area contributed by atoms with Gasteiger partial charge >= 0.3 is 0 Å². The molecule has 1 rings (SSSR count). The summed E-state index contributed by atoms with van der Waals surface area (Å²) in [5, 5.41) is 0. The van der Waals surface area contributed by atoms with Crippen LogP contribution in [0, 0.1) is 0 Å². The summed E-state index contributed by atoms with van der Waals surface area (Å²) < 4.78 is 27.1. The summed E-state index contributed by atoms with van der Waals surface area (Å²) in [5.74, 6) is 0.769. The zero-order valence-corrected chi connectivity index (χ0v) is 10.6. The third-order valence-electron chi connectivity index (χ3n) is 2.26. The number of rotatable bonds is 7. The molecule has 4 N–H and O–H groups in total. The fourth-order valence-corrected chi connectivity index (χ4v) is 1.81. The van der Waals surface area contributed by atoms with E-state index in [2.05, 4.69) is 4.72 Å². The second-order valence-electron chi connectivity index (χ2n) is 3.76. The molecule has 1 aromatic carbocycles. The van der Waals surface area contributed by atoms with Crippen molar-refractivity contribution in [2.24, 2.45) is 5.73 Å². The Balaban J connectivity index is 2.32. The largest absolute Gasteiger partial charge is 0.494 e. The van der Waals surface area contributed by atoms with E-state index in [0.717, 1.165) is 11.3 Å². The fraction of sp³-hybridized carbons (Fsp3) is 0.455. The second kappa shape index (κ2) is 7.39. The summed E-state index contributed by atoms with van der Waals surface area (Å²) in [7, 11) is 0. The molecule has 2 unspecified atom stereocenters. The third-order valence-corrected chi connectivity index (χ3v) is 2.86. The molecule has 0 bridgehead atoms. The molecule has 96 valence electrons. The van der Waals surface area contributed by atoms with Gasteiger partial charge in [0.25, 0.3) is 0 Å². The van der Waals surface area contributed by atoms with Crippen LogP contribution >= 0.6 is 0 Å². The van der Waals surface area contributed by atoms with Gasteiger partial charge in [-0.2, -0.15) is 0 Å². The maximum absolute atomic E-state index is 10.5. The van der Waals surface area contributed by atoms with Crippen molar-refractivity contribution in [1.82, 2.24) is 4.72 Å². The summed E-state index contributed by atoms with van der Waals surface area (Å²) in [6, 6.07) is 7.51. The van der Waals surface area contributed by atoms with E-state index in [1.807, 2.05) is 31.2 Å². The van der Waals surface area contributed by atoms with Crippen LogP contribution in [0.25, 0.3) is 0 Å². The lowest BCUT2D eigenvalue weighted by Gasteiger charge is -2.12. The van der Waals surface area contributed by atoms with Gasteiger partial charge in [-0.05, 0) is 31.0 Å². The van der Waals surface area contributed by atoms with Crippen LogP contribution in [0.3, 0.4) is 0 Å².